The van der Waals surface area contributed by atoms with E-state index in [1.54, 1.807) is 7.05 Å². The summed E-state index contributed by atoms with van der Waals surface area (Å²) in [6.07, 6.45) is 2.13. The summed E-state index contributed by atoms with van der Waals surface area (Å²) in [5, 5.41) is 8.47. The first-order chi connectivity index (χ1) is 8.17. The van der Waals surface area contributed by atoms with Gasteiger partial charge in [-0.1, -0.05) is 0 Å². The summed E-state index contributed by atoms with van der Waals surface area (Å²) in [5.41, 5.74) is 0. The molecule has 17 heavy (non-hydrogen) atoms. The van der Waals surface area contributed by atoms with E-state index in [-0.39, 0.29) is 23.7 Å². The summed E-state index contributed by atoms with van der Waals surface area (Å²) in [6.45, 7) is 0.125. The van der Waals surface area contributed by atoms with Crippen molar-refractivity contribution in [3.8, 4) is 0 Å². The smallest absolute Gasteiger partial charge is 0.239 e. The predicted octanol–water partition coefficient (Wildman–Crippen LogP) is 0.257. The van der Waals surface area contributed by atoms with Crippen LogP contribution in [-0.4, -0.2) is 40.5 Å². The van der Waals surface area contributed by atoms with Gasteiger partial charge in [0.25, 0.3) is 0 Å². The third-order valence-electron chi connectivity index (χ3n) is 2.18. The number of rotatable bonds is 5. The van der Waals surface area contributed by atoms with Crippen LogP contribution in [-0.2, 0) is 4.79 Å². The minimum atomic E-state index is -0.0740. The van der Waals surface area contributed by atoms with E-state index in [2.05, 4.69) is 30.9 Å². The molecule has 1 aliphatic carbocycles. The van der Waals surface area contributed by atoms with Crippen LogP contribution in [0.1, 0.15) is 12.8 Å². The Morgan fingerprint density at radius 3 is 2.71 bits per heavy atom. The number of carbonyl (C=O) groups is 1. The number of anilines is 2. The fourth-order valence-corrected chi connectivity index (χ4v) is 1.37. The van der Waals surface area contributed by atoms with Gasteiger partial charge in [0, 0.05) is 13.1 Å². The van der Waals surface area contributed by atoms with E-state index in [0.717, 1.165) is 12.8 Å². The third-order valence-corrected chi connectivity index (χ3v) is 2.35. The Kier molecular flexibility index (Phi) is 3.58. The molecule has 0 saturated heterocycles. The van der Waals surface area contributed by atoms with Crippen molar-refractivity contribution in [1.82, 2.24) is 20.3 Å². The average molecular weight is 257 g/mol. The first-order valence-corrected chi connectivity index (χ1v) is 5.67. The number of hydrogen-bond acceptors (Lipinski definition) is 6. The van der Waals surface area contributed by atoms with Gasteiger partial charge in [0.05, 0.1) is 6.54 Å². The van der Waals surface area contributed by atoms with Gasteiger partial charge in [-0.2, -0.15) is 15.0 Å². The lowest BCUT2D eigenvalue weighted by Gasteiger charge is -2.06. The monoisotopic (exact) mass is 256 g/mol. The second kappa shape index (κ2) is 5.13. The lowest BCUT2D eigenvalue weighted by atomic mass is 10.5. The molecule has 7 nitrogen and oxygen atoms in total. The van der Waals surface area contributed by atoms with Crippen molar-refractivity contribution in [2.75, 3.05) is 24.2 Å². The van der Waals surface area contributed by atoms with Crippen LogP contribution >= 0.6 is 11.6 Å². The standard InChI is InChI=1S/C9H13ClN6O/c1-11-8-14-7(10)15-9(16-8)12-4-6(17)13-5-2-3-5/h5H,2-4H2,1H3,(H,13,17)(H2,11,12,14,15,16). The van der Waals surface area contributed by atoms with E-state index in [0.29, 0.717) is 12.0 Å². The molecule has 1 fully saturated rings. The van der Waals surface area contributed by atoms with E-state index < -0.39 is 0 Å². The van der Waals surface area contributed by atoms with E-state index >= 15 is 0 Å². The van der Waals surface area contributed by atoms with Gasteiger partial charge < -0.3 is 16.0 Å². The maximum absolute atomic E-state index is 11.4. The molecule has 8 heteroatoms. The molecule has 1 amide bonds. The normalized spacial score (nSPS) is 14.2. The topological polar surface area (TPSA) is 91.8 Å². The molecule has 0 atom stereocenters. The third kappa shape index (κ3) is 3.70. The molecule has 1 aromatic rings. The van der Waals surface area contributed by atoms with Crippen LogP contribution in [0.2, 0.25) is 5.28 Å². The van der Waals surface area contributed by atoms with E-state index in [1.165, 1.54) is 0 Å². The number of nitrogens with zero attached hydrogens (tertiary/aromatic N) is 3. The zero-order valence-corrected chi connectivity index (χ0v) is 10.1. The molecule has 1 saturated carbocycles. The molecular weight excluding hydrogens is 244 g/mol. The second-order valence-corrected chi connectivity index (χ2v) is 4.04. The van der Waals surface area contributed by atoms with Crippen molar-refractivity contribution in [2.24, 2.45) is 0 Å². The molecule has 0 bridgehead atoms. The van der Waals surface area contributed by atoms with Crippen molar-refractivity contribution >= 4 is 29.4 Å². The van der Waals surface area contributed by atoms with Gasteiger partial charge in [0.2, 0.25) is 23.1 Å². The van der Waals surface area contributed by atoms with Crippen LogP contribution in [0.25, 0.3) is 0 Å². The Balaban J connectivity index is 1.88. The number of halogens is 1. The SMILES string of the molecule is CNc1nc(Cl)nc(NCC(=O)NC2CC2)n1. The first kappa shape index (κ1) is 11.8. The van der Waals surface area contributed by atoms with Crippen LogP contribution in [0.4, 0.5) is 11.9 Å². The van der Waals surface area contributed by atoms with Crippen LogP contribution < -0.4 is 16.0 Å². The first-order valence-electron chi connectivity index (χ1n) is 5.30. The van der Waals surface area contributed by atoms with Gasteiger partial charge in [-0.05, 0) is 24.4 Å². The predicted molar refractivity (Wildman–Crippen MR) is 64.0 cm³/mol. The van der Waals surface area contributed by atoms with Crippen molar-refractivity contribution in [2.45, 2.75) is 18.9 Å². The van der Waals surface area contributed by atoms with Gasteiger partial charge in [0.1, 0.15) is 0 Å². The Morgan fingerprint density at radius 2 is 2.06 bits per heavy atom. The second-order valence-electron chi connectivity index (χ2n) is 3.70. The van der Waals surface area contributed by atoms with Crippen molar-refractivity contribution in [1.29, 1.82) is 0 Å². The van der Waals surface area contributed by atoms with E-state index in [4.69, 9.17) is 11.6 Å². The van der Waals surface area contributed by atoms with Gasteiger partial charge in [-0.25, -0.2) is 0 Å². The molecule has 2 rings (SSSR count). The summed E-state index contributed by atoms with van der Waals surface area (Å²) in [6, 6.07) is 0.346. The summed E-state index contributed by atoms with van der Waals surface area (Å²) in [4.78, 5) is 23.1. The van der Waals surface area contributed by atoms with Crippen LogP contribution in [0.5, 0.6) is 0 Å². The highest BCUT2D eigenvalue weighted by Crippen LogP contribution is 2.18. The summed E-state index contributed by atoms with van der Waals surface area (Å²) in [5.74, 6) is 0.561. The van der Waals surface area contributed by atoms with E-state index in [9.17, 15) is 4.79 Å². The zero-order chi connectivity index (χ0) is 12.3. The van der Waals surface area contributed by atoms with Gasteiger partial charge in [-0.15, -0.1) is 0 Å². The van der Waals surface area contributed by atoms with E-state index in [1.807, 2.05) is 0 Å². The largest absolute Gasteiger partial charge is 0.357 e. The minimum Gasteiger partial charge on any atom is -0.357 e. The highest BCUT2D eigenvalue weighted by atomic mass is 35.5. The molecule has 0 unspecified atom stereocenters. The number of carbonyl (C=O) groups excluding carboxylic acids is 1. The van der Waals surface area contributed by atoms with Gasteiger partial charge in [-0.3, -0.25) is 4.79 Å². The number of aromatic nitrogens is 3. The van der Waals surface area contributed by atoms with Gasteiger partial charge >= 0.3 is 0 Å². The molecule has 1 aliphatic rings. The summed E-state index contributed by atoms with van der Waals surface area (Å²) in [7, 11) is 1.68. The Morgan fingerprint density at radius 1 is 1.35 bits per heavy atom. The maximum atomic E-state index is 11.4. The Bertz CT molecular complexity index is 422. The number of nitrogens with one attached hydrogen (secondary N) is 3. The molecule has 0 aromatic carbocycles. The highest BCUT2D eigenvalue weighted by molar-refractivity contribution is 6.28. The van der Waals surface area contributed by atoms with Crippen LogP contribution in [0, 0.1) is 0 Å². The fraction of sp³-hybridized carbons (Fsp3) is 0.556. The molecule has 3 N–H and O–H groups in total. The number of hydrogen-bond donors (Lipinski definition) is 3. The highest BCUT2D eigenvalue weighted by Gasteiger charge is 2.22. The molecule has 1 aromatic heterocycles. The molecule has 1 heterocycles. The van der Waals surface area contributed by atoms with Crippen molar-refractivity contribution in [3.63, 3.8) is 0 Å². The van der Waals surface area contributed by atoms with Crippen molar-refractivity contribution < 1.29 is 4.79 Å². The molecular formula is C9H13ClN6O. The van der Waals surface area contributed by atoms with Crippen LogP contribution in [0.3, 0.4) is 0 Å². The quantitative estimate of drug-likeness (QED) is 0.700. The Hall–Kier alpha value is -1.63. The lowest BCUT2D eigenvalue weighted by Crippen LogP contribution is -2.31. The fourth-order valence-electron chi connectivity index (χ4n) is 1.21. The number of amides is 1. The van der Waals surface area contributed by atoms with Gasteiger partial charge in [0.15, 0.2) is 0 Å². The summed E-state index contributed by atoms with van der Waals surface area (Å²) < 4.78 is 0. The maximum Gasteiger partial charge on any atom is 0.239 e. The molecule has 0 aliphatic heterocycles. The lowest BCUT2D eigenvalue weighted by molar-refractivity contribution is -0.119. The molecule has 92 valence electrons. The average Bonchev–Trinajstić information content (AvgIpc) is 3.09. The molecule has 0 radical (unpaired) electrons. The molecule has 0 spiro atoms. The zero-order valence-electron chi connectivity index (χ0n) is 9.33. The Labute approximate surface area is 103 Å². The minimum absolute atomic E-state index is 0.0740. The van der Waals surface area contributed by atoms with Crippen LogP contribution in [0.15, 0.2) is 0 Å². The summed E-state index contributed by atoms with van der Waals surface area (Å²) >= 11 is 5.70. The van der Waals surface area contributed by atoms with Crippen molar-refractivity contribution in [3.05, 3.63) is 5.28 Å².